The molecular weight excluding hydrogens is 344 g/mol. The standard InChI is InChI=1S/C20H24N4O3/c25-16-5-4-14(18(26)23-16)24-11-13-3-1-2-12(17(13)19(24)27)10-21-15-6-9-22-20(15)7-8-20/h1-3,14-15,21-22H,4-11H2,(H,23,25,26). The van der Waals surface area contributed by atoms with Gasteiger partial charge in [-0.05, 0) is 43.4 Å². The zero-order valence-corrected chi connectivity index (χ0v) is 15.2. The van der Waals surface area contributed by atoms with E-state index in [4.69, 9.17) is 0 Å². The minimum atomic E-state index is -0.558. The molecule has 3 fully saturated rings. The summed E-state index contributed by atoms with van der Waals surface area (Å²) in [5.41, 5.74) is 2.97. The summed E-state index contributed by atoms with van der Waals surface area (Å²) in [5, 5.41) is 9.61. The van der Waals surface area contributed by atoms with E-state index in [2.05, 4.69) is 16.0 Å². The topological polar surface area (TPSA) is 90.5 Å². The highest BCUT2D eigenvalue weighted by Crippen LogP contribution is 2.43. The van der Waals surface area contributed by atoms with E-state index < -0.39 is 6.04 Å². The van der Waals surface area contributed by atoms with Gasteiger partial charge in [-0.2, -0.15) is 0 Å². The molecule has 1 saturated carbocycles. The van der Waals surface area contributed by atoms with Gasteiger partial charge in [0.25, 0.3) is 5.91 Å². The predicted octanol–water partition coefficient (Wildman–Crippen LogP) is 0.432. The second kappa shape index (κ2) is 6.14. The summed E-state index contributed by atoms with van der Waals surface area (Å²) in [4.78, 5) is 38.3. The van der Waals surface area contributed by atoms with Crippen molar-refractivity contribution in [3.05, 3.63) is 34.9 Å². The van der Waals surface area contributed by atoms with Crippen molar-refractivity contribution in [1.29, 1.82) is 0 Å². The molecule has 2 atom stereocenters. The highest BCUT2D eigenvalue weighted by Gasteiger charge is 2.51. The molecule has 1 aromatic carbocycles. The number of imide groups is 1. The molecule has 27 heavy (non-hydrogen) atoms. The van der Waals surface area contributed by atoms with E-state index in [9.17, 15) is 14.4 Å². The van der Waals surface area contributed by atoms with Crippen LogP contribution in [0.15, 0.2) is 18.2 Å². The summed E-state index contributed by atoms with van der Waals surface area (Å²) in [5.74, 6) is -0.716. The summed E-state index contributed by atoms with van der Waals surface area (Å²) in [7, 11) is 0. The van der Waals surface area contributed by atoms with Gasteiger partial charge in [0.05, 0.1) is 0 Å². The molecule has 0 radical (unpaired) electrons. The third-order valence-corrected chi connectivity index (χ3v) is 6.54. The number of piperidine rings is 1. The Balaban J connectivity index is 1.33. The quantitative estimate of drug-likeness (QED) is 0.671. The van der Waals surface area contributed by atoms with Crippen molar-refractivity contribution in [2.24, 2.45) is 0 Å². The van der Waals surface area contributed by atoms with Crippen molar-refractivity contribution in [2.45, 2.75) is 62.8 Å². The van der Waals surface area contributed by atoms with E-state index >= 15 is 0 Å². The SMILES string of the molecule is O=C1CCC(N2Cc3cccc(CNC4CCNC45CC5)c3C2=O)C(=O)N1. The lowest BCUT2D eigenvalue weighted by molar-refractivity contribution is -0.136. The fourth-order valence-electron chi connectivity index (χ4n) is 4.89. The first-order valence-electron chi connectivity index (χ1n) is 9.81. The van der Waals surface area contributed by atoms with Gasteiger partial charge in [0.15, 0.2) is 0 Å². The Labute approximate surface area is 157 Å². The molecule has 7 nitrogen and oxygen atoms in total. The van der Waals surface area contributed by atoms with Gasteiger partial charge in [-0.15, -0.1) is 0 Å². The van der Waals surface area contributed by atoms with E-state index in [0.717, 1.165) is 29.7 Å². The number of nitrogens with zero attached hydrogens (tertiary/aromatic N) is 1. The van der Waals surface area contributed by atoms with Crippen LogP contribution >= 0.6 is 0 Å². The van der Waals surface area contributed by atoms with Crippen LogP contribution in [0.4, 0.5) is 0 Å². The summed E-state index contributed by atoms with van der Waals surface area (Å²) in [6.07, 6.45) is 4.24. The molecule has 1 aromatic rings. The fourth-order valence-corrected chi connectivity index (χ4v) is 4.89. The van der Waals surface area contributed by atoms with Crippen LogP contribution in [-0.4, -0.2) is 46.8 Å². The Bertz CT molecular complexity index is 833. The van der Waals surface area contributed by atoms with E-state index in [1.54, 1.807) is 4.90 Å². The maximum Gasteiger partial charge on any atom is 0.255 e. The van der Waals surface area contributed by atoms with Crippen LogP contribution in [0.5, 0.6) is 0 Å². The van der Waals surface area contributed by atoms with E-state index in [1.165, 1.54) is 12.8 Å². The van der Waals surface area contributed by atoms with Gasteiger partial charge in [-0.25, -0.2) is 0 Å². The van der Waals surface area contributed by atoms with Crippen LogP contribution in [-0.2, 0) is 22.7 Å². The summed E-state index contributed by atoms with van der Waals surface area (Å²) >= 11 is 0. The van der Waals surface area contributed by atoms with Crippen LogP contribution < -0.4 is 16.0 Å². The van der Waals surface area contributed by atoms with E-state index in [-0.39, 0.29) is 29.7 Å². The molecule has 7 heteroatoms. The van der Waals surface area contributed by atoms with Crippen molar-refractivity contribution in [1.82, 2.24) is 20.9 Å². The number of carbonyl (C=O) groups excluding carboxylic acids is 3. The maximum absolute atomic E-state index is 13.1. The number of nitrogens with one attached hydrogen (secondary N) is 3. The first-order valence-corrected chi connectivity index (χ1v) is 9.81. The van der Waals surface area contributed by atoms with Crippen LogP contribution in [0.25, 0.3) is 0 Å². The zero-order valence-electron chi connectivity index (χ0n) is 15.2. The molecule has 5 rings (SSSR count). The molecule has 0 aromatic heterocycles. The number of benzene rings is 1. The maximum atomic E-state index is 13.1. The Morgan fingerprint density at radius 2 is 2.04 bits per heavy atom. The Hall–Kier alpha value is -2.25. The summed E-state index contributed by atoms with van der Waals surface area (Å²) in [6.45, 7) is 2.14. The van der Waals surface area contributed by atoms with Crippen LogP contribution in [0.2, 0.25) is 0 Å². The largest absolute Gasteiger partial charge is 0.322 e. The first kappa shape index (κ1) is 16.9. The minimum Gasteiger partial charge on any atom is -0.322 e. The van der Waals surface area contributed by atoms with Gasteiger partial charge in [-0.3, -0.25) is 19.7 Å². The first-order chi connectivity index (χ1) is 13.1. The fraction of sp³-hybridized carbons (Fsp3) is 0.550. The number of carbonyl (C=O) groups is 3. The normalized spacial score (nSPS) is 28.6. The van der Waals surface area contributed by atoms with Crippen LogP contribution in [0, 0.1) is 0 Å². The Morgan fingerprint density at radius 3 is 2.81 bits per heavy atom. The van der Waals surface area contributed by atoms with Crippen molar-refractivity contribution >= 4 is 17.7 Å². The van der Waals surface area contributed by atoms with Crippen molar-refractivity contribution in [3.8, 4) is 0 Å². The highest BCUT2D eigenvalue weighted by molar-refractivity contribution is 6.05. The molecule has 142 valence electrons. The molecule has 4 aliphatic rings. The van der Waals surface area contributed by atoms with Gasteiger partial charge < -0.3 is 15.5 Å². The van der Waals surface area contributed by atoms with Crippen LogP contribution in [0.3, 0.4) is 0 Å². The van der Waals surface area contributed by atoms with Gasteiger partial charge in [0, 0.05) is 36.7 Å². The van der Waals surface area contributed by atoms with Gasteiger partial charge in [0.2, 0.25) is 11.8 Å². The van der Waals surface area contributed by atoms with Gasteiger partial charge in [-0.1, -0.05) is 18.2 Å². The molecular formula is C20H24N4O3. The second-order valence-electron chi connectivity index (χ2n) is 8.16. The molecule has 2 unspecified atom stereocenters. The molecule has 3 heterocycles. The number of amides is 3. The van der Waals surface area contributed by atoms with E-state index in [0.29, 0.717) is 25.6 Å². The Kier molecular flexibility index (Phi) is 3.84. The lowest BCUT2D eigenvalue weighted by Gasteiger charge is -2.29. The Morgan fingerprint density at radius 1 is 1.19 bits per heavy atom. The average molecular weight is 368 g/mol. The third kappa shape index (κ3) is 2.76. The van der Waals surface area contributed by atoms with E-state index in [1.807, 2.05) is 18.2 Å². The molecule has 3 amide bonds. The molecule has 0 bridgehead atoms. The lowest BCUT2D eigenvalue weighted by atomic mass is 10.0. The van der Waals surface area contributed by atoms with Gasteiger partial charge in [0.1, 0.15) is 6.04 Å². The molecule has 1 aliphatic carbocycles. The monoisotopic (exact) mass is 368 g/mol. The van der Waals surface area contributed by atoms with Gasteiger partial charge >= 0.3 is 0 Å². The lowest BCUT2D eigenvalue weighted by Crippen LogP contribution is -2.52. The van der Waals surface area contributed by atoms with Crippen molar-refractivity contribution in [3.63, 3.8) is 0 Å². The third-order valence-electron chi connectivity index (χ3n) is 6.54. The number of rotatable bonds is 4. The van der Waals surface area contributed by atoms with Crippen LogP contribution in [0.1, 0.15) is 53.6 Å². The smallest absolute Gasteiger partial charge is 0.255 e. The highest BCUT2D eigenvalue weighted by atomic mass is 16.2. The molecule has 3 N–H and O–H groups in total. The average Bonchev–Trinajstić information content (AvgIpc) is 3.19. The molecule has 3 aliphatic heterocycles. The number of fused-ring (bicyclic) bond motifs is 1. The number of hydrogen-bond acceptors (Lipinski definition) is 5. The molecule has 2 saturated heterocycles. The zero-order chi connectivity index (χ0) is 18.6. The molecule has 1 spiro atoms. The number of hydrogen-bond donors (Lipinski definition) is 3. The summed E-state index contributed by atoms with van der Waals surface area (Å²) in [6, 6.07) is 5.84. The second-order valence-corrected chi connectivity index (χ2v) is 8.16. The van der Waals surface area contributed by atoms with Crippen molar-refractivity contribution < 1.29 is 14.4 Å². The van der Waals surface area contributed by atoms with Crippen molar-refractivity contribution in [2.75, 3.05) is 6.54 Å². The summed E-state index contributed by atoms with van der Waals surface area (Å²) < 4.78 is 0. The minimum absolute atomic E-state index is 0.0948. The predicted molar refractivity (Wildman–Crippen MR) is 97.7 cm³/mol.